The van der Waals surface area contributed by atoms with Crippen LogP contribution in [-0.4, -0.2) is 38.7 Å². The Hall–Kier alpha value is -3.10. The number of carbonyl (C=O) groups is 2. The number of halogens is 2. The van der Waals surface area contributed by atoms with E-state index in [0.29, 0.717) is 15.7 Å². The molecule has 2 N–H and O–H groups in total. The Morgan fingerprint density at radius 3 is 2.57 bits per heavy atom. The number of hydrogen-bond donors (Lipinski definition) is 2. The van der Waals surface area contributed by atoms with Gasteiger partial charge in [-0.15, -0.1) is 5.10 Å². The number of benzene rings is 1. The average Bonchev–Trinajstić information content (AvgIpc) is 3.24. The average molecular weight is 516 g/mol. The minimum Gasteiger partial charge on any atom is -0.474 e. The summed E-state index contributed by atoms with van der Waals surface area (Å²) in [6.45, 7) is 3.72. The molecular weight excluding hydrogens is 489 g/mol. The number of hydrogen-bond acceptors (Lipinski definition) is 5. The quantitative estimate of drug-likeness (QED) is 0.421. The standard InChI is InChI=1S/C25H27Cl2N5O3/c1-15(2)35-22-14-21(32(31-22)23-19(27)9-6-12-28-23)25(34)30-20-11-10-16(26)13-18(20)24(33)29-17-7-4-3-5-8-17/h6,9-15,17H,3-5,7-8H2,1-2H3,(H,29,33)(H,30,34). The molecule has 0 spiro atoms. The van der Waals surface area contributed by atoms with Crippen LogP contribution in [0.1, 0.15) is 66.8 Å². The molecule has 4 rings (SSSR count). The summed E-state index contributed by atoms with van der Waals surface area (Å²) in [5, 5.41) is 11.0. The molecule has 10 heteroatoms. The first-order valence-electron chi connectivity index (χ1n) is 11.6. The number of carbonyl (C=O) groups excluding carboxylic acids is 2. The van der Waals surface area contributed by atoms with Crippen molar-refractivity contribution in [1.29, 1.82) is 0 Å². The van der Waals surface area contributed by atoms with Crippen molar-refractivity contribution in [1.82, 2.24) is 20.1 Å². The van der Waals surface area contributed by atoms with Gasteiger partial charge in [0.1, 0.15) is 5.69 Å². The Morgan fingerprint density at radius 1 is 1.09 bits per heavy atom. The predicted octanol–water partition coefficient (Wildman–Crippen LogP) is 5.68. The van der Waals surface area contributed by atoms with Crippen LogP contribution in [0.2, 0.25) is 10.0 Å². The van der Waals surface area contributed by atoms with Crippen molar-refractivity contribution in [2.45, 2.75) is 58.1 Å². The number of rotatable bonds is 7. The fourth-order valence-corrected chi connectivity index (χ4v) is 4.40. The molecule has 1 aliphatic rings. The highest BCUT2D eigenvalue weighted by molar-refractivity contribution is 6.32. The first kappa shape index (κ1) is 25.0. The van der Waals surface area contributed by atoms with E-state index < -0.39 is 5.91 Å². The van der Waals surface area contributed by atoms with Crippen molar-refractivity contribution in [3.63, 3.8) is 0 Å². The van der Waals surface area contributed by atoms with E-state index >= 15 is 0 Å². The molecule has 8 nitrogen and oxygen atoms in total. The number of aromatic nitrogens is 3. The second-order valence-electron chi connectivity index (χ2n) is 8.71. The molecule has 1 fully saturated rings. The lowest BCUT2D eigenvalue weighted by molar-refractivity contribution is 0.0928. The fourth-order valence-electron chi connectivity index (χ4n) is 4.02. The molecule has 1 saturated carbocycles. The van der Waals surface area contributed by atoms with Crippen LogP contribution in [0, 0.1) is 0 Å². The normalized spacial score (nSPS) is 14.1. The summed E-state index contributed by atoms with van der Waals surface area (Å²) in [4.78, 5) is 30.7. The smallest absolute Gasteiger partial charge is 0.274 e. The zero-order valence-corrected chi connectivity index (χ0v) is 21.1. The van der Waals surface area contributed by atoms with Crippen molar-refractivity contribution in [3.05, 3.63) is 63.9 Å². The van der Waals surface area contributed by atoms with Crippen molar-refractivity contribution in [2.75, 3.05) is 5.32 Å². The van der Waals surface area contributed by atoms with Gasteiger partial charge in [0.25, 0.3) is 11.8 Å². The zero-order chi connectivity index (χ0) is 24.9. The van der Waals surface area contributed by atoms with Crippen LogP contribution < -0.4 is 15.4 Å². The molecular formula is C25H27Cl2N5O3. The summed E-state index contributed by atoms with van der Waals surface area (Å²) >= 11 is 12.5. The third-order valence-corrected chi connectivity index (χ3v) is 6.16. The van der Waals surface area contributed by atoms with Crippen LogP contribution >= 0.6 is 23.2 Å². The number of nitrogens with zero attached hydrogens (tertiary/aromatic N) is 3. The molecule has 0 atom stereocenters. The number of amides is 2. The molecule has 0 aliphatic heterocycles. The van der Waals surface area contributed by atoms with E-state index in [4.69, 9.17) is 27.9 Å². The van der Waals surface area contributed by atoms with Crippen molar-refractivity contribution < 1.29 is 14.3 Å². The van der Waals surface area contributed by atoms with E-state index in [2.05, 4.69) is 20.7 Å². The first-order valence-corrected chi connectivity index (χ1v) is 12.4. The molecule has 2 aromatic heterocycles. The zero-order valence-electron chi connectivity index (χ0n) is 19.6. The van der Waals surface area contributed by atoms with Gasteiger partial charge in [-0.25, -0.2) is 9.67 Å². The molecule has 0 bridgehead atoms. The maximum Gasteiger partial charge on any atom is 0.274 e. The third-order valence-electron chi connectivity index (χ3n) is 5.63. The van der Waals surface area contributed by atoms with E-state index in [0.717, 1.165) is 25.7 Å². The van der Waals surface area contributed by atoms with E-state index in [9.17, 15) is 9.59 Å². The maximum atomic E-state index is 13.4. The van der Waals surface area contributed by atoms with Gasteiger partial charge in [0.05, 0.1) is 22.4 Å². The molecule has 0 radical (unpaired) electrons. The van der Waals surface area contributed by atoms with Gasteiger partial charge in [0, 0.05) is 23.3 Å². The molecule has 2 heterocycles. The van der Waals surface area contributed by atoms with Gasteiger partial charge in [0.2, 0.25) is 5.88 Å². The van der Waals surface area contributed by atoms with Crippen molar-refractivity contribution in [2.24, 2.45) is 0 Å². The van der Waals surface area contributed by atoms with Gasteiger partial charge in [-0.3, -0.25) is 9.59 Å². The van der Waals surface area contributed by atoms with Gasteiger partial charge in [-0.2, -0.15) is 0 Å². The van der Waals surface area contributed by atoms with Gasteiger partial charge >= 0.3 is 0 Å². The highest BCUT2D eigenvalue weighted by Crippen LogP contribution is 2.26. The van der Waals surface area contributed by atoms with Crippen LogP contribution in [0.3, 0.4) is 0 Å². The highest BCUT2D eigenvalue weighted by Gasteiger charge is 2.24. The summed E-state index contributed by atoms with van der Waals surface area (Å²) in [7, 11) is 0. The Balaban J connectivity index is 1.64. The topological polar surface area (TPSA) is 98.1 Å². The molecule has 1 aliphatic carbocycles. The minimum atomic E-state index is -0.508. The minimum absolute atomic E-state index is 0.113. The van der Waals surface area contributed by atoms with Crippen LogP contribution in [0.15, 0.2) is 42.6 Å². The van der Waals surface area contributed by atoms with Gasteiger partial charge in [0.15, 0.2) is 5.82 Å². The predicted molar refractivity (Wildman–Crippen MR) is 136 cm³/mol. The number of anilines is 1. The van der Waals surface area contributed by atoms with Crippen molar-refractivity contribution >= 4 is 40.7 Å². The molecule has 1 aromatic carbocycles. The molecule has 35 heavy (non-hydrogen) atoms. The number of nitrogens with one attached hydrogen (secondary N) is 2. The summed E-state index contributed by atoms with van der Waals surface area (Å²) in [6.07, 6.45) is 6.64. The Morgan fingerprint density at radius 2 is 1.86 bits per heavy atom. The second-order valence-corrected chi connectivity index (χ2v) is 9.55. The largest absolute Gasteiger partial charge is 0.474 e. The van der Waals surface area contributed by atoms with Gasteiger partial charge in [-0.1, -0.05) is 42.5 Å². The molecule has 0 saturated heterocycles. The third kappa shape index (κ3) is 6.13. The monoisotopic (exact) mass is 515 g/mol. The second kappa shape index (κ2) is 11.1. The maximum absolute atomic E-state index is 13.4. The Bertz CT molecular complexity index is 1220. The summed E-state index contributed by atoms with van der Waals surface area (Å²) in [6, 6.07) is 9.75. The van der Waals surface area contributed by atoms with E-state index in [1.165, 1.54) is 17.2 Å². The first-order chi connectivity index (χ1) is 16.8. The van der Waals surface area contributed by atoms with Crippen LogP contribution in [-0.2, 0) is 0 Å². The van der Waals surface area contributed by atoms with E-state index in [1.807, 2.05) is 13.8 Å². The molecule has 3 aromatic rings. The van der Waals surface area contributed by atoms with Gasteiger partial charge < -0.3 is 15.4 Å². The summed E-state index contributed by atoms with van der Waals surface area (Å²) in [5.41, 5.74) is 0.769. The SMILES string of the molecule is CC(C)Oc1cc(C(=O)Nc2ccc(Cl)cc2C(=O)NC2CCCCC2)n(-c2ncccc2Cl)n1. The molecule has 2 amide bonds. The lowest BCUT2D eigenvalue weighted by Gasteiger charge is -2.23. The Kier molecular flexibility index (Phi) is 7.93. The Labute approximate surface area is 214 Å². The van der Waals surface area contributed by atoms with E-state index in [1.54, 1.807) is 36.5 Å². The van der Waals surface area contributed by atoms with E-state index in [-0.39, 0.29) is 41.0 Å². The lowest BCUT2D eigenvalue weighted by atomic mass is 9.95. The van der Waals surface area contributed by atoms with Gasteiger partial charge in [-0.05, 0) is 57.0 Å². The van der Waals surface area contributed by atoms with Crippen molar-refractivity contribution in [3.8, 4) is 11.7 Å². The fraction of sp³-hybridized carbons (Fsp3) is 0.360. The molecule has 184 valence electrons. The highest BCUT2D eigenvalue weighted by atomic mass is 35.5. The number of ether oxygens (including phenoxy) is 1. The molecule has 0 unspecified atom stereocenters. The number of pyridine rings is 1. The lowest BCUT2D eigenvalue weighted by Crippen LogP contribution is -2.36. The van der Waals surface area contributed by atoms with Crippen LogP contribution in [0.4, 0.5) is 5.69 Å². The van der Waals surface area contributed by atoms with Crippen LogP contribution in [0.5, 0.6) is 5.88 Å². The van der Waals surface area contributed by atoms with Crippen LogP contribution in [0.25, 0.3) is 5.82 Å². The summed E-state index contributed by atoms with van der Waals surface area (Å²) < 4.78 is 7.02. The summed E-state index contributed by atoms with van der Waals surface area (Å²) in [5.74, 6) is -0.255.